The fourth-order valence-corrected chi connectivity index (χ4v) is 4.97. The zero-order valence-corrected chi connectivity index (χ0v) is 19.7. The van der Waals surface area contributed by atoms with Gasteiger partial charge < -0.3 is 9.47 Å². The first kappa shape index (κ1) is 24.9. The fraction of sp³-hybridized carbons (Fsp3) is 0.286. The molecule has 176 valence electrons. The minimum absolute atomic E-state index is 0.0563. The first-order chi connectivity index (χ1) is 15.8. The SMILES string of the molecule is COCCN(CCOC)S(=O)(=O)c1ccc(C(=O)Nc2nnc(-c3ccc(F)cc3)s2)cc1. The van der Waals surface area contributed by atoms with Gasteiger partial charge in [0.15, 0.2) is 0 Å². The summed E-state index contributed by atoms with van der Waals surface area (Å²) in [6.45, 7) is 0.839. The highest BCUT2D eigenvalue weighted by Crippen LogP contribution is 2.27. The molecule has 12 heteroatoms. The van der Waals surface area contributed by atoms with Crippen LogP contribution in [0.15, 0.2) is 53.4 Å². The standard InChI is InChI=1S/C21H23FN4O5S2/c1-30-13-11-26(12-14-31-2)33(28,29)18-9-5-15(6-10-18)19(27)23-21-25-24-20(32-21)16-3-7-17(22)8-4-16/h3-10H,11-14H2,1-2H3,(H,23,25,27). The maximum atomic E-state index is 13.1. The van der Waals surface area contributed by atoms with Gasteiger partial charge in [0.25, 0.3) is 5.91 Å². The molecule has 0 bridgehead atoms. The average molecular weight is 495 g/mol. The number of rotatable bonds is 11. The lowest BCUT2D eigenvalue weighted by Crippen LogP contribution is -2.36. The van der Waals surface area contributed by atoms with E-state index >= 15 is 0 Å². The molecule has 0 aliphatic heterocycles. The van der Waals surface area contributed by atoms with Gasteiger partial charge in [-0.05, 0) is 48.5 Å². The molecule has 9 nitrogen and oxygen atoms in total. The van der Waals surface area contributed by atoms with E-state index in [0.29, 0.717) is 10.6 Å². The van der Waals surface area contributed by atoms with Crippen LogP contribution in [-0.4, -0.2) is 69.4 Å². The first-order valence-corrected chi connectivity index (χ1v) is 12.1. The Kier molecular flexibility index (Phi) is 8.58. The normalized spacial score (nSPS) is 11.6. The lowest BCUT2D eigenvalue weighted by Gasteiger charge is -2.21. The molecule has 0 aliphatic rings. The Labute approximate surface area is 195 Å². The first-order valence-electron chi connectivity index (χ1n) is 9.84. The fourth-order valence-electron chi connectivity index (χ4n) is 2.82. The number of anilines is 1. The van der Waals surface area contributed by atoms with Crippen molar-refractivity contribution in [2.24, 2.45) is 0 Å². The molecule has 33 heavy (non-hydrogen) atoms. The van der Waals surface area contributed by atoms with Crippen LogP contribution in [0, 0.1) is 5.82 Å². The number of benzene rings is 2. The van der Waals surface area contributed by atoms with Crippen LogP contribution >= 0.6 is 11.3 Å². The van der Waals surface area contributed by atoms with E-state index < -0.39 is 15.9 Å². The van der Waals surface area contributed by atoms with Crippen molar-refractivity contribution < 1.29 is 27.1 Å². The van der Waals surface area contributed by atoms with Crippen LogP contribution in [0.3, 0.4) is 0 Å². The van der Waals surface area contributed by atoms with Gasteiger partial charge in [-0.2, -0.15) is 4.31 Å². The Balaban J connectivity index is 1.70. The largest absolute Gasteiger partial charge is 0.383 e. The summed E-state index contributed by atoms with van der Waals surface area (Å²) < 4.78 is 50.2. The summed E-state index contributed by atoms with van der Waals surface area (Å²) in [4.78, 5) is 12.6. The van der Waals surface area contributed by atoms with Gasteiger partial charge in [0.2, 0.25) is 15.2 Å². The molecular formula is C21H23FN4O5S2. The van der Waals surface area contributed by atoms with Crippen molar-refractivity contribution in [3.05, 3.63) is 59.9 Å². The summed E-state index contributed by atoms with van der Waals surface area (Å²) in [5, 5.41) is 11.4. The second-order valence-electron chi connectivity index (χ2n) is 6.79. The number of sulfonamides is 1. The Bertz CT molecular complexity index is 1160. The van der Waals surface area contributed by atoms with Gasteiger partial charge >= 0.3 is 0 Å². The van der Waals surface area contributed by atoms with E-state index in [1.807, 2.05) is 0 Å². The van der Waals surface area contributed by atoms with Crippen LogP contribution in [0.5, 0.6) is 0 Å². The van der Waals surface area contributed by atoms with E-state index in [0.717, 1.165) is 11.3 Å². The molecular weight excluding hydrogens is 471 g/mol. The van der Waals surface area contributed by atoms with Crippen LogP contribution < -0.4 is 5.32 Å². The van der Waals surface area contributed by atoms with E-state index in [1.165, 1.54) is 54.9 Å². The second kappa shape index (κ2) is 11.4. The number of hydrogen-bond donors (Lipinski definition) is 1. The monoisotopic (exact) mass is 494 g/mol. The summed E-state index contributed by atoms with van der Waals surface area (Å²) >= 11 is 1.14. The highest BCUT2D eigenvalue weighted by Gasteiger charge is 2.24. The van der Waals surface area contributed by atoms with Crippen molar-refractivity contribution in [2.75, 3.05) is 45.8 Å². The molecule has 1 amide bonds. The molecule has 1 aromatic heterocycles. The lowest BCUT2D eigenvalue weighted by atomic mass is 10.2. The number of carbonyl (C=O) groups excluding carboxylic acids is 1. The molecule has 1 heterocycles. The Morgan fingerprint density at radius 2 is 1.61 bits per heavy atom. The smallest absolute Gasteiger partial charge is 0.257 e. The maximum absolute atomic E-state index is 13.1. The predicted molar refractivity (Wildman–Crippen MR) is 122 cm³/mol. The van der Waals surface area contributed by atoms with Gasteiger partial charge in [-0.3, -0.25) is 10.1 Å². The van der Waals surface area contributed by atoms with Gasteiger partial charge in [-0.1, -0.05) is 11.3 Å². The molecule has 0 aliphatic carbocycles. The highest BCUT2D eigenvalue weighted by atomic mass is 32.2. The predicted octanol–water partition coefficient (Wildman–Crippen LogP) is 2.88. The molecule has 0 spiro atoms. The molecule has 0 unspecified atom stereocenters. The van der Waals surface area contributed by atoms with E-state index in [1.54, 1.807) is 12.1 Å². The number of halogens is 1. The van der Waals surface area contributed by atoms with Crippen molar-refractivity contribution in [3.63, 3.8) is 0 Å². The third kappa shape index (κ3) is 6.39. The number of methoxy groups -OCH3 is 2. The van der Waals surface area contributed by atoms with Crippen LogP contribution in [-0.2, 0) is 19.5 Å². The third-order valence-corrected chi connectivity index (χ3v) is 7.38. The molecule has 2 aromatic carbocycles. The minimum Gasteiger partial charge on any atom is -0.383 e. The number of amides is 1. The van der Waals surface area contributed by atoms with E-state index in [-0.39, 0.29) is 47.7 Å². The van der Waals surface area contributed by atoms with Crippen molar-refractivity contribution in [3.8, 4) is 10.6 Å². The summed E-state index contributed by atoms with van der Waals surface area (Å²) in [5.41, 5.74) is 0.934. The molecule has 3 rings (SSSR count). The number of ether oxygens (including phenoxy) is 2. The minimum atomic E-state index is -3.78. The number of nitrogens with one attached hydrogen (secondary N) is 1. The number of aromatic nitrogens is 2. The van der Waals surface area contributed by atoms with Gasteiger partial charge in [0, 0.05) is 38.4 Å². The maximum Gasteiger partial charge on any atom is 0.257 e. The molecule has 3 aromatic rings. The topological polar surface area (TPSA) is 111 Å². The number of nitrogens with zero attached hydrogens (tertiary/aromatic N) is 3. The number of hydrogen-bond acceptors (Lipinski definition) is 8. The van der Waals surface area contributed by atoms with Crippen molar-refractivity contribution >= 4 is 32.4 Å². The molecule has 0 saturated carbocycles. The van der Waals surface area contributed by atoms with Crippen LogP contribution in [0.1, 0.15) is 10.4 Å². The van der Waals surface area contributed by atoms with Crippen molar-refractivity contribution in [1.29, 1.82) is 0 Å². The van der Waals surface area contributed by atoms with Gasteiger partial charge in [0.1, 0.15) is 10.8 Å². The van der Waals surface area contributed by atoms with E-state index in [4.69, 9.17) is 9.47 Å². The molecule has 0 saturated heterocycles. The zero-order valence-electron chi connectivity index (χ0n) is 18.0. The Morgan fingerprint density at radius 1 is 1.00 bits per heavy atom. The Hall–Kier alpha value is -2.77. The zero-order chi connectivity index (χ0) is 23.8. The van der Waals surface area contributed by atoms with Crippen LogP contribution in [0.2, 0.25) is 0 Å². The number of carbonyl (C=O) groups is 1. The molecule has 0 atom stereocenters. The summed E-state index contributed by atoms with van der Waals surface area (Å²) in [6.07, 6.45) is 0. The summed E-state index contributed by atoms with van der Waals surface area (Å²) in [6, 6.07) is 11.4. The van der Waals surface area contributed by atoms with Gasteiger partial charge in [-0.25, -0.2) is 12.8 Å². The quantitative estimate of drug-likeness (QED) is 0.436. The highest BCUT2D eigenvalue weighted by molar-refractivity contribution is 7.89. The second-order valence-corrected chi connectivity index (χ2v) is 9.70. The summed E-state index contributed by atoms with van der Waals surface area (Å²) in [7, 11) is -0.792. The van der Waals surface area contributed by atoms with Crippen molar-refractivity contribution in [2.45, 2.75) is 4.90 Å². The van der Waals surface area contributed by atoms with Crippen LogP contribution in [0.4, 0.5) is 9.52 Å². The average Bonchev–Trinajstić information content (AvgIpc) is 3.28. The van der Waals surface area contributed by atoms with Gasteiger partial charge in [-0.15, -0.1) is 10.2 Å². The Morgan fingerprint density at radius 3 is 2.18 bits per heavy atom. The summed E-state index contributed by atoms with van der Waals surface area (Å²) in [5.74, 6) is -0.820. The molecule has 0 fully saturated rings. The third-order valence-electron chi connectivity index (χ3n) is 4.58. The van der Waals surface area contributed by atoms with E-state index in [2.05, 4.69) is 15.5 Å². The van der Waals surface area contributed by atoms with Gasteiger partial charge in [0.05, 0.1) is 18.1 Å². The van der Waals surface area contributed by atoms with E-state index in [9.17, 15) is 17.6 Å². The molecule has 1 N–H and O–H groups in total. The van der Waals surface area contributed by atoms with Crippen LogP contribution in [0.25, 0.3) is 10.6 Å². The van der Waals surface area contributed by atoms with Crippen molar-refractivity contribution in [1.82, 2.24) is 14.5 Å². The molecule has 0 radical (unpaired) electrons. The lowest BCUT2D eigenvalue weighted by molar-refractivity contribution is 0.102.